The first kappa shape index (κ1) is 16.7. The molecule has 22 heavy (non-hydrogen) atoms. The second-order valence-electron chi connectivity index (χ2n) is 5.68. The van der Waals surface area contributed by atoms with E-state index in [9.17, 15) is 13.2 Å². The number of hydrogen-bond acceptors (Lipinski definition) is 2. The van der Waals surface area contributed by atoms with E-state index in [0.29, 0.717) is 17.6 Å². The number of rotatable bonds is 6. The van der Waals surface area contributed by atoms with Gasteiger partial charge >= 0.3 is 6.36 Å². The molecule has 2 atom stereocenters. The molecule has 1 aromatic rings. The highest BCUT2D eigenvalue weighted by Gasteiger charge is 2.32. The highest BCUT2D eigenvalue weighted by atomic mass is 19.4. The predicted octanol–water partition coefficient (Wildman–Crippen LogP) is 5.69. The summed E-state index contributed by atoms with van der Waals surface area (Å²) >= 11 is 0. The smallest absolute Gasteiger partial charge is 0.462 e. The van der Waals surface area contributed by atoms with Gasteiger partial charge in [-0.05, 0) is 43.4 Å². The molecule has 1 saturated carbocycles. The van der Waals surface area contributed by atoms with E-state index in [-0.39, 0.29) is 5.75 Å². The molecule has 2 unspecified atom stereocenters. The molecule has 0 heterocycles. The Morgan fingerprint density at radius 3 is 2.55 bits per heavy atom. The third-order valence-corrected chi connectivity index (χ3v) is 3.89. The Balaban J connectivity index is 2.11. The van der Waals surface area contributed by atoms with Gasteiger partial charge in [-0.2, -0.15) is 0 Å². The van der Waals surface area contributed by atoms with Crippen LogP contribution in [0.25, 0.3) is 0 Å². The summed E-state index contributed by atoms with van der Waals surface area (Å²) in [7, 11) is 0. The van der Waals surface area contributed by atoms with E-state index >= 15 is 0 Å². The lowest BCUT2D eigenvalue weighted by Gasteiger charge is -2.35. The van der Waals surface area contributed by atoms with Gasteiger partial charge in [-0.25, -0.2) is 0 Å². The maximum absolute atomic E-state index is 12.3. The van der Waals surface area contributed by atoms with Crippen molar-refractivity contribution in [1.29, 1.82) is 0 Å². The summed E-state index contributed by atoms with van der Waals surface area (Å²) in [4.78, 5) is 0. The quantitative estimate of drug-likeness (QED) is 0.628. The summed E-state index contributed by atoms with van der Waals surface area (Å²) in [6, 6.07) is 5.68. The van der Waals surface area contributed by atoms with Crippen molar-refractivity contribution in [2.45, 2.75) is 45.9 Å². The fraction of sp³-hybridized carbons (Fsp3) is 0.529. The molecule has 0 aromatic heterocycles. The van der Waals surface area contributed by atoms with Gasteiger partial charge in [-0.1, -0.05) is 26.3 Å². The highest BCUT2D eigenvalue weighted by molar-refractivity contribution is 5.34. The monoisotopic (exact) mass is 314 g/mol. The summed E-state index contributed by atoms with van der Waals surface area (Å²) in [6.07, 6.45) is 1.49. The van der Waals surface area contributed by atoms with Gasteiger partial charge in [0.15, 0.2) is 0 Å². The lowest BCUT2D eigenvalue weighted by molar-refractivity contribution is -0.274. The van der Waals surface area contributed by atoms with E-state index in [2.05, 4.69) is 24.7 Å². The van der Waals surface area contributed by atoms with Crippen molar-refractivity contribution in [3.05, 3.63) is 36.1 Å². The molecule has 0 amide bonds. The molecule has 2 rings (SSSR count). The van der Waals surface area contributed by atoms with Gasteiger partial charge in [-0.15, -0.1) is 13.2 Å². The Morgan fingerprint density at radius 2 is 2.00 bits per heavy atom. The minimum absolute atomic E-state index is 0.263. The van der Waals surface area contributed by atoms with E-state index in [1.54, 1.807) is 6.07 Å². The first-order valence-corrected chi connectivity index (χ1v) is 7.62. The summed E-state index contributed by atoms with van der Waals surface area (Å²) in [6.45, 7) is 4.25. The third kappa shape index (κ3) is 4.68. The van der Waals surface area contributed by atoms with Crippen LogP contribution >= 0.6 is 0 Å². The average molecular weight is 314 g/mol. The molecule has 0 bridgehead atoms. The van der Waals surface area contributed by atoms with Crippen molar-refractivity contribution in [2.24, 2.45) is 11.8 Å². The van der Waals surface area contributed by atoms with Crippen molar-refractivity contribution >= 4 is 0 Å². The van der Waals surface area contributed by atoms with E-state index in [1.165, 1.54) is 18.2 Å². The number of halogens is 3. The van der Waals surface area contributed by atoms with Crippen molar-refractivity contribution < 1.29 is 22.6 Å². The van der Waals surface area contributed by atoms with Gasteiger partial charge in [0.2, 0.25) is 0 Å². The molecule has 122 valence electrons. The average Bonchev–Trinajstić information content (AvgIpc) is 2.41. The molecule has 1 aromatic carbocycles. The Labute approximate surface area is 128 Å². The molecule has 1 aliphatic rings. The van der Waals surface area contributed by atoms with Gasteiger partial charge in [0.25, 0.3) is 0 Å². The van der Waals surface area contributed by atoms with E-state index in [1.807, 2.05) is 0 Å². The van der Waals surface area contributed by atoms with Crippen LogP contribution in [0.3, 0.4) is 0 Å². The summed E-state index contributed by atoms with van der Waals surface area (Å²) in [5.74, 6) is 1.89. The zero-order valence-electron chi connectivity index (χ0n) is 12.8. The zero-order chi connectivity index (χ0) is 16.2. The first-order chi connectivity index (χ1) is 10.4. The maximum atomic E-state index is 12.3. The van der Waals surface area contributed by atoms with Crippen LogP contribution in [0.1, 0.15) is 39.5 Å². The van der Waals surface area contributed by atoms with Crippen LogP contribution in [0.15, 0.2) is 36.1 Å². The SMILES string of the molecule is CCCC=C(Oc1cccc(OC(F)(F)F)c1)C1CCC1C. The molecule has 1 fully saturated rings. The Kier molecular flexibility index (Phi) is 5.37. The van der Waals surface area contributed by atoms with Gasteiger partial charge in [-0.3, -0.25) is 0 Å². The molecule has 1 aliphatic carbocycles. The summed E-state index contributed by atoms with van der Waals surface area (Å²) in [5.41, 5.74) is 0. The Bertz CT molecular complexity index is 523. The second-order valence-corrected chi connectivity index (χ2v) is 5.68. The summed E-state index contributed by atoms with van der Waals surface area (Å²) in [5, 5.41) is 0. The van der Waals surface area contributed by atoms with Crippen LogP contribution in [0.2, 0.25) is 0 Å². The van der Waals surface area contributed by atoms with Crippen LogP contribution in [-0.4, -0.2) is 6.36 Å². The number of benzene rings is 1. The lowest BCUT2D eigenvalue weighted by Crippen LogP contribution is -2.27. The predicted molar refractivity (Wildman–Crippen MR) is 78.6 cm³/mol. The van der Waals surface area contributed by atoms with Gasteiger partial charge in [0.1, 0.15) is 17.3 Å². The third-order valence-electron chi connectivity index (χ3n) is 3.89. The van der Waals surface area contributed by atoms with Gasteiger partial charge in [0.05, 0.1) is 0 Å². The van der Waals surface area contributed by atoms with Crippen LogP contribution in [-0.2, 0) is 0 Å². The van der Waals surface area contributed by atoms with Crippen molar-refractivity contribution in [2.75, 3.05) is 0 Å². The van der Waals surface area contributed by atoms with Crippen LogP contribution in [0, 0.1) is 11.8 Å². The molecular formula is C17H21F3O2. The number of allylic oxidation sites excluding steroid dienone is 2. The topological polar surface area (TPSA) is 18.5 Å². The Morgan fingerprint density at radius 1 is 1.27 bits per heavy atom. The molecular weight excluding hydrogens is 293 g/mol. The largest absolute Gasteiger partial charge is 0.573 e. The van der Waals surface area contributed by atoms with Gasteiger partial charge in [0, 0.05) is 12.0 Å². The lowest BCUT2D eigenvalue weighted by atomic mass is 9.73. The van der Waals surface area contributed by atoms with E-state index < -0.39 is 6.36 Å². The Hall–Kier alpha value is -1.65. The summed E-state index contributed by atoms with van der Waals surface area (Å²) < 4.78 is 46.6. The van der Waals surface area contributed by atoms with Crippen LogP contribution in [0.5, 0.6) is 11.5 Å². The molecule has 0 spiro atoms. The minimum Gasteiger partial charge on any atom is -0.462 e. The zero-order valence-corrected chi connectivity index (χ0v) is 12.8. The number of alkyl halides is 3. The van der Waals surface area contributed by atoms with Crippen molar-refractivity contribution in [1.82, 2.24) is 0 Å². The maximum Gasteiger partial charge on any atom is 0.573 e. The van der Waals surface area contributed by atoms with Crippen molar-refractivity contribution in [3.8, 4) is 11.5 Å². The fourth-order valence-electron chi connectivity index (χ4n) is 2.52. The highest BCUT2D eigenvalue weighted by Crippen LogP contribution is 2.40. The molecule has 0 saturated heterocycles. The molecule has 2 nitrogen and oxygen atoms in total. The van der Waals surface area contributed by atoms with Gasteiger partial charge < -0.3 is 9.47 Å². The van der Waals surface area contributed by atoms with E-state index in [4.69, 9.17) is 4.74 Å². The van der Waals surface area contributed by atoms with Crippen LogP contribution in [0.4, 0.5) is 13.2 Å². The first-order valence-electron chi connectivity index (χ1n) is 7.62. The molecule has 0 aliphatic heterocycles. The number of ether oxygens (including phenoxy) is 2. The van der Waals surface area contributed by atoms with Crippen molar-refractivity contribution in [3.63, 3.8) is 0 Å². The number of unbranched alkanes of at least 4 members (excludes halogenated alkanes) is 1. The van der Waals surface area contributed by atoms with E-state index in [0.717, 1.165) is 31.4 Å². The standard InChI is InChI=1S/C17H21F3O2/c1-3-4-8-16(15-10-9-12(15)2)21-13-6-5-7-14(11-13)22-17(18,19)20/h5-8,11-12,15H,3-4,9-10H2,1-2H3. The molecule has 0 N–H and O–H groups in total. The number of hydrogen-bond donors (Lipinski definition) is 0. The fourth-order valence-corrected chi connectivity index (χ4v) is 2.52. The second kappa shape index (κ2) is 7.07. The normalized spacial score (nSPS) is 22.1. The molecule has 0 radical (unpaired) electrons. The van der Waals surface area contributed by atoms with Crippen LogP contribution < -0.4 is 9.47 Å². The minimum atomic E-state index is -4.69. The molecule has 5 heteroatoms.